The van der Waals surface area contributed by atoms with Crippen LogP contribution in [0.5, 0.6) is 0 Å². The summed E-state index contributed by atoms with van der Waals surface area (Å²) in [5, 5.41) is 16.4. The van der Waals surface area contributed by atoms with Crippen LogP contribution in [-0.4, -0.2) is 86.2 Å². The average molecular weight is 1080 g/mol. The Balaban J connectivity index is 1.00. The molecule has 9 rings (SSSR count). The molecule has 20 heteroatoms. The van der Waals surface area contributed by atoms with Crippen molar-refractivity contribution in [2.24, 2.45) is 0 Å². The number of carbonyl (C=O) groups excluding carboxylic acids is 3. The standard InChI is InChI=1S/C56H54N8O9S3/c1-4-71-43(72-5-2)33-63-51(68)49(66)60-61-55(63)74-32-31-38-34-75-52-45(50(67)64(52)46(38)53(69)73-47(36-21-11-6-12-22-36)37-23-13-7-14-24-37)58-48(65)44(62-70-3)42-35-76-54(57-42)59-56(39-25-15-8-16-26-39,40-27-17-9-18-28-40)41-29-19-10-20-30-41/h6-32,35,43-45,47,52,62H,4-5,33-34H2,1-3H3,(H,57,59)(H,58,65)(H,60,66). The molecule has 0 aliphatic carbocycles. The SMILES string of the molecule is CCOC(Cn1c(SC=CC2=C(C(=O)OC(c3ccccc3)c3ccccc3)N3C(=O)C(NC(=O)C(NOC)c4csc(NC(c5ccccc5)(c5ccccc5)c5ccccc5)n4)C3SC2)n[nH]c(=O)c1=O)OCC. The van der Waals surface area contributed by atoms with Crippen molar-refractivity contribution in [2.45, 2.75) is 60.9 Å². The summed E-state index contributed by atoms with van der Waals surface area (Å²) in [4.78, 5) is 81.1. The number of thiazole rings is 1. The van der Waals surface area contributed by atoms with Gasteiger partial charge in [-0.15, -0.1) is 28.2 Å². The van der Waals surface area contributed by atoms with E-state index in [1.807, 2.05) is 115 Å². The van der Waals surface area contributed by atoms with Gasteiger partial charge in [0.05, 0.1) is 19.3 Å². The first-order chi connectivity index (χ1) is 37.1. The number of thioether (sulfide) groups is 2. The molecule has 2 aliphatic heterocycles. The molecule has 390 valence electrons. The maximum absolute atomic E-state index is 14.8. The number of ether oxygens (including phenoxy) is 3. The van der Waals surface area contributed by atoms with Crippen LogP contribution in [0.1, 0.15) is 59.5 Å². The number of esters is 1. The molecule has 76 heavy (non-hydrogen) atoms. The van der Waals surface area contributed by atoms with Crippen LogP contribution in [-0.2, 0) is 45.5 Å². The van der Waals surface area contributed by atoms with Crippen molar-refractivity contribution in [2.75, 3.05) is 31.4 Å². The Bertz CT molecular complexity index is 3150. The summed E-state index contributed by atoms with van der Waals surface area (Å²) in [6, 6.07) is 46.5. The van der Waals surface area contributed by atoms with Gasteiger partial charge in [-0.05, 0) is 58.7 Å². The molecule has 2 aromatic heterocycles. The summed E-state index contributed by atoms with van der Waals surface area (Å²) >= 11 is 3.67. The van der Waals surface area contributed by atoms with E-state index in [-0.39, 0.29) is 23.2 Å². The zero-order chi connectivity index (χ0) is 53.0. The number of H-pyrrole nitrogens is 1. The predicted molar refractivity (Wildman–Crippen MR) is 292 cm³/mol. The van der Waals surface area contributed by atoms with Gasteiger partial charge in [-0.2, -0.15) is 5.48 Å². The van der Waals surface area contributed by atoms with Crippen LogP contribution >= 0.6 is 34.9 Å². The summed E-state index contributed by atoms with van der Waals surface area (Å²) in [6.45, 7) is 4.06. The van der Waals surface area contributed by atoms with Crippen LogP contribution in [0.15, 0.2) is 195 Å². The molecular formula is C56H54N8O9S3. The minimum atomic E-state index is -1.16. The molecular weight excluding hydrogens is 1020 g/mol. The van der Waals surface area contributed by atoms with E-state index >= 15 is 0 Å². The van der Waals surface area contributed by atoms with E-state index in [2.05, 4.69) is 62.7 Å². The van der Waals surface area contributed by atoms with E-state index in [9.17, 15) is 24.0 Å². The van der Waals surface area contributed by atoms with Crippen LogP contribution in [0.3, 0.4) is 0 Å². The molecule has 2 aliphatic rings. The van der Waals surface area contributed by atoms with Crippen molar-refractivity contribution in [3.05, 3.63) is 234 Å². The normalized spacial score (nSPS) is 15.9. The number of benzene rings is 5. The lowest BCUT2D eigenvalue weighted by Gasteiger charge is -2.49. The van der Waals surface area contributed by atoms with Crippen LogP contribution in [0.2, 0.25) is 0 Å². The van der Waals surface area contributed by atoms with Crippen molar-refractivity contribution in [1.82, 2.24) is 35.4 Å². The Labute approximate surface area is 450 Å². The number of hydrogen-bond acceptors (Lipinski definition) is 16. The monoisotopic (exact) mass is 1080 g/mol. The van der Waals surface area contributed by atoms with Crippen LogP contribution in [0.25, 0.3) is 0 Å². The first-order valence-corrected chi connectivity index (χ1v) is 27.2. The largest absolute Gasteiger partial charge is 0.448 e. The molecule has 0 spiro atoms. The Morgan fingerprint density at radius 3 is 1.91 bits per heavy atom. The average Bonchev–Trinajstić information content (AvgIpc) is 3.95. The number of anilines is 1. The molecule has 2 amide bonds. The zero-order valence-corrected chi connectivity index (χ0v) is 44.0. The van der Waals surface area contributed by atoms with Crippen LogP contribution < -0.4 is 27.2 Å². The molecule has 3 unspecified atom stereocenters. The summed E-state index contributed by atoms with van der Waals surface area (Å²) in [6.07, 6.45) is -0.0329. The second kappa shape index (κ2) is 24.9. The molecule has 4 heterocycles. The number of hydrogen-bond donors (Lipinski definition) is 4. The fourth-order valence-corrected chi connectivity index (χ4v) is 11.9. The molecule has 0 saturated carbocycles. The highest BCUT2D eigenvalue weighted by atomic mass is 32.2. The number of aromatic nitrogens is 4. The van der Waals surface area contributed by atoms with E-state index in [1.54, 1.807) is 30.7 Å². The smallest absolute Gasteiger partial charge is 0.356 e. The maximum atomic E-state index is 14.8. The van der Waals surface area contributed by atoms with Crippen molar-refractivity contribution < 1.29 is 33.4 Å². The lowest BCUT2D eigenvalue weighted by Crippen LogP contribution is -2.71. The van der Waals surface area contributed by atoms with Gasteiger partial charge in [0.25, 0.3) is 5.91 Å². The Morgan fingerprint density at radius 1 is 0.816 bits per heavy atom. The van der Waals surface area contributed by atoms with Crippen molar-refractivity contribution in [3.8, 4) is 0 Å². The molecule has 0 radical (unpaired) electrons. The van der Waals surface area contributed by atoms with Gasteiger partial charge in [-0.25, -0.2) is 14.9 Å². The second-order valence-electron chi connectivity index (χ2n) is 17.2. The van der Waals surface area contributed by atoms with Gasteiger partial charge in [0.1, 0.15) is 22.7 Å². The third-order valence-electron chi connectivity index (χ3n) is 12.6. The predicted octanol–water partition coefficient (Wildman–Crippen LogP) is 7.68. The number of fused-ring (bicyclic) bond motifs is 1. The fourth-order valence-electron chi connectivity index (χ4n) is 9.05. The number of rotatable bonds is 23. The number of amides is 2. The topological polar surface area (TPSA) is 208 Å². The minimum absolute atomic E-state index is 0.0203. The van der Waals surface area contributed by atoms with Crippen molar-refractivity contribution in [1.29, 1.82) is 0 Å². The number of nitrogens with one attached hydrogen (secondary N) is 4. The molecule has 5 aromatic carbocycles. The lowest BCUT2D eigenvalue weighted by atomic mass is 9.77. The van der Waals surface area contributed by atoms with E-state index in [0.717, 1.165) is 33.0 Å². The Hall–Kier alpha value is -7.43. The maximum Gasteiger partial charge on any atom is 0.356 e. The highest BCUT2D eigenvalue weighted by Crippen LogP contribution is 2.44. The quantitative estimate of drug-likeness (QED) is 0.00922. The van der Waals surface area contributed by atoms with E-state index in [0.29, 0.717) is 40.7 Å². The molecule has 4 N–H and O–H groups in total. The Kier molecular flexibility index (Phi) is 17.5. The van der Waals surface area contributed by atoms with E-state index in [1.165, 1.54) is 35.1 Å². The number of allylic oxidation sites excluding steroid dienone is 1. The van der Waals surface area contributed by atoms with Crippen molar-refractivity contribution >= 4 is 57.8 Å². The summed E-state index contributed by atoms with van der Waals surface area (Å²) in [7, 11) is 1.39. The third-order valence-corrected chi connectivity index (χ3v) is 15.4. The third kappa shape index (κ3) is 11.5. The number of hydroxylamine groups is 1. The van der Waals surface area contributed by atoms with Crippen molar-refractivity contribution in [3.63, 3.8) is 0 Å². The number of carbonyl (C=O) groups is 3. The number of nitrogens with zero attached hydrogens (tertiary/aromatic N) is 4. The minimum Gasteiger partial charge on any atom is -0.448 e. The number of aromatic amines is 1. The molecule has 0 bridgehead atoms. The lowest BCUT2D eigenvalue weighted by molar-refractivity contribution is -0.155. The summed E-state index contributed by atoms with van der Waals surface area (Å²) < 4.78 is 18.9. The van der Waals surface area contributed by atoms with E-state index in [4.69, 9.17) is 24.0 Å². The molecule has 7 aromatic rings. The van der Waals surface area contributed by atoms with Gasteiger partial charge in [-0.1, -0.05) is 163 Å². The van der Waals surface area contributed by atoms with Gasteiger partial charge < -0.3 is 29.7 Å². The fraction of sp³-hybridized carbons (Fsp3) is 0.232. The first kappa shape index (κ1) is 53.4. The summed E-state index contributed by atoms with van der Waals surface area (Å²) in [5.41, 5.74) is 5.20. The molecule has 1 saturated heterocycles. The van der Waals surface area contributed by atoms with Gasteiger partial charge >= 0.3 is 17.1 Å². The van der Waals surface area contributed by atoms with Crippen LogP contribution in [0, 0.1) is 0 Å². The van der Waals surface area contributed by atoms with E-state index < -0.39 is 64.3 Å². The van der Waals surface area contributed by atoms with Gasteiger partial charge in [0.15, 0.2) is 28.7 Å². The number of β-lactam (4-membered cyclic amide) rings is 1. The first-order valence-electron chi connectivity index (χ1n) is 24.4. The van der Waals surface area contributed by atoms with Crippen LogP contribution in [0.4, 0.5) is 5.13 Å². The highest BCUT2D eigenvalue weighted by Gasteiger charge is 2.55. The van der Waals surface area contributed by atoms with Gasteiger partial charge in [0, 0.05) is 24.3 Å². The zero-order valence-electron chi connectivity index (χ0n) is 41.6. The summed E-state index contributed by atoms with van der Waals surface area (Å²) in [5.74, 6) is -1.70. The molecule has 17 nitrogen and oxygen atoms in total. The molecule has 3 atom stereocenters. The Morgan fingerprint density at radius 2 is 1.37 bits per heavy atom. The highest BCUT2D eigenvalue weighted by molar-refractivity contribution is 8.02. The second-order valence-corrected chi connectivity index (χ2v) is 20.0. The van der Waals surface area contributed by atoms with Gasteiger partial charge in [-0.3, -0.25) is 28.6 Å². The molecule has 1 fully saturated rings. The van der Waals surface area contributed by atoms with Gasteiger partial charge in [0.2, 0.25) is 5.91 Å².